The number of rotatable bonds is 5. The number of aryl methyl sites for hydroxylation is 1. The molecule has 2 amide bonds. The van der Waals surface area contributed by atoms with Crippen LogP contribution in [-0.2, 0) is 4.79 Å². The van der Waals surface area contributed by atoms with Gasteiger partial charge < -0.3 is 14.5 Å². The number of carbonyl (C=O) groups excluding carboxylic acids is 2. The third-order valence-corrected chi connectivity index (χ3v) is 4.56. The molecule has 2 rings (SSSR count). The molecule has 0 aliphatic carbocycles. The molecule has 1 heterocycles. The zero-order chi connectivity index (χ0) is 17.7. The summed E-state index contributed by atoms with van der Waals surface area (Å²) in [7, 11) is 1.55. The van der Waals surface area contributed by atoms with Gasteiger partial charge in [-0.2, -0.15) is 0 Å². The Labute approximate surface area is 148 Å². The molecule has 0 bridgehead atoms. The summed E-state index contributed by atoms with van der Waals surface area (Å²) in [5, 5.41) is 0.519. The first-order chi connectivity index (χ1) is 11.5. The first kappa shape index (κ1) is 18.6. The third-order valence-electron chi connectivity index (χ3n) is 4.34. The maximum absolute atomic E-state index is 12.8. The third kappa shape index (κ3) is 4.20. The minimum Gasteiger partial charge on any atom is -0.496 e. The molecule has 1 saturated heterocycles. The van der Waals surface area contributed by atoms with Gasteiger partial charge in [0.05, 0.1) is 12.7 Å². The van der Waals surface area contributed by atoms with Crippen molar-refractivity contribution < 1.29 is 14.3 Å². The smallest absolute Gasteiger partial charge is 0.257 e. The van der Waals surface area contributed by atoms with Gasteiger partial charge in [-0.3, -0.25) is 9.59 Å². The van der Waals surface area contributed by atoms with E-state index in [1.807, 2.05) is 11.8 Å². The Bertz CT molecular complexity index is 611. The highest BCUT2D eigenvalue weighted by molar-refractivity contribution is 6.31. The zero-order valence-corrected chi connectivity index (χ0v) is 15.4. The second kappa shape index (κ2) is 8.38. The van der Waals surface area contributed by atoms with E-state index in [9.17, 15) is 9.59 Å². The fraction of sp³-hybridized carbons (Fsp3) is 0.556. The molecule has 0 aromatic heterocycles. The van der Waals surface area contributed by atoms with E-state index in [0.717, 1.165) is 18.4 Å². The molecule has 1 aliphatic rings. The average Bonchev–Trinajstić information content (AvgIpc) is 2.58. The van der Waals surface area contributed by atoms with Gasteiger partial charge in [-0.15, -0.1) is 0 Å². The average molecular weight is 353 g/mol. The van der Waals surface area contributed by atoms with Crippen LogP contribution < -0.4 is 4.74 Å². The van der Waals surface area contributed by atoms with Crippen molar-refractivity contribution in [1.82, 2.24) is 9.80 Å². The first-order valence-electron chi connectivity index (χ1n) is 8.39. The maximum atomic E-state index is 12.8. The monoisotopic (exact) mass is 352 g/mol. The normalized spacial score (nSPS) is 14.7. The lowest BCUT2D eigenvalue weighted by Crippen LogP contribution is -2.50. The Morgan fingerprint density at radius 2 is 1.79 bits per heavy atom. The van der Waals surface area contributed by atoms with E-state index in [0.29, 0.717) is 48.9 Å². The van der Waals surface area contributed by atoms with Crippen molar-refractivity contribution in [2.24, 2.45) is 0 Å². The number of piperazine rings is 1. The number of unbranched alkanes of at least 4 members (excludes halogenated alkanes) is 1. The van der Waals surface area contributed by atoms with Crippen molar-refractivity contribution in [3.05, 3.63) is 28.3 Å². The van der Waals surface area contributed by atoms with Crippen molar-refractivity contribution in [3.8, 4) is 5.75 Å². The second-order valence-corrected chi connectivity index (χ2v) is 6.52. The van der Waals surface area contributed by atoms with Crippen molar-refractivity contribution in [3.63, 3.8) is 0 Å². The van der Waals surface area contributed by atoms with Gasteiger partial charge in [0.15, 0.2) is 0 Å². The molecule has 1 aliphatic heterocycles. The molecule has 0 N–H and O–H groups in total. The minimum absolute atomic E-state index is 0.0990. The van der Waals surface area contributed by atoms with E-state index in [2.05, 4.69) is 6.92 Å². The van der Waals surface area contributed by atoms with E-state index < -0.39 is 0 Å². The Kier molecular flexibility index (Phi) is 6.49. The predicted octanol–water partition coefficient (Wildman–Crippen LogP) is 3.13. The van der Waals surface area contributed by atoms with Crippen LogP contribution in [0, 0.1) is 6.92 Å². The van der Waals surface area contributed by atoms with Crippen molar-refractivity contribution in [2.75, 3.05) is 33.3 Å². The number of methoxy groups -OCH3 is 1. The number of carbonyl (C=O) groups is 2. The van der Waals surface area contributed by atoms with Gasteiger partial charge in [-0.1, -0.05) is 24.9 Å². The molecule has 0 atom stereocenters. The summed E-state index contributed by atoms with van der Waals surface area (Å²) in [5.74, 6) is 0.643. The van der Waals surface area contributed by atoms with E-state index in [1.165, 1.54) is 0 Å². The number of ether oxygens (including phenoxy) is 1. The number of benzene rings is 1. The van der Waals surface area contributed by atoms with Crippen LogP contribution in [0.25, 0.3) is 0 Å². The van der Waals surface area contributed by atoms with Crippen LogP contribution in [0.15, 0.2) is 12.1 Å². The van der Waals surface area contributed by atoms with Crippen LogP contribution in [0.4, 0.5) is 0 Å². The molecule has 0 spiro atoms. The topological polar surface area (TPSA) is 49.9 Å². The molecule has 0 saturated carbocycles. The van der Waals surface area contributed by atoms with Crippen LogP contribution >= 0.6 is 11.6 Å². The zero-order valence-electron chi connectivity index (χ0n) is 14.6. The van der Waals surface area contributed by atoms with Crippen LogP contribution in [0.5, 0.6) is 5.75 Å². The molecule has 1 aromatic rings. The van der Waals surface area contributed by atoms with Gasteiger partial charge in [-0.25, -0.2) is 0 Å². The first-order valence-corrected chi connectivity index (χ1v) is 8.77. The number of hydrogen-bond acceptors (Lipinski definition) is 3. The Morgan fingerprint density at radius 1 is 1.17 bits per heavy atom. The van der Waals surface area contributed by atoms with E-state index in [4.69, 9.17) is 16.3 Å². The molecular weight excluding hydrogens is 328 g/mol. The standard InChI is InChI=1S/C18H25ClN2O3/c1-4-5-6-16(22)20-7-9-21(10-8-20)18(23)15-12-14(19)11-13(2)17(15)24-3/h11-12H,4-10H2,1-3H3. The van der Waals surface area contributed by atoms with Gasteiger partial charge in [-0.05, 0) is 31.0 Å². The van der Waals surface area contributed by atoms with Gasteiger partial charge in [0.25, 0.3) is 5.91 Å². The highest BCUT2D eigenvalue weighted by Gasteiger charge is 2.27. The summed E-state index contributed by atoms with van der Waals surface area (Å²) >= 11 is 6.10. The van der Waals surface area contributed by atoms with Crippen molar-refractivity contribution in [1.29, 1.82) is 0 Å². The largest absolute Gasteiger partial charge is 0.496 e. The number of nitrogens with zero attached hydrogens (tertiary/aromatic N) is 2. The Hall–Kier alpha value is -1.75. The van der Waals surface area contributed by atoms with Crippen LogP contribution in [-0.4, -0.2) is 54.9 Å². The summed E-state index contributed by atoms with van der Waals surface area (Å²) in [6, 6.07) is 3.43. The van der Waals surface area contributed by atoms with Crippen LogP contribution in [0.3, 0.4) is 0 Å². The van der Waals surface area contributed by atoms with Gasteiger partial charge >= 0.3 is 0 Å². The van der Waals surface area contributed by atoms with Gasteiger partial charge in [0.1, 0.15) is 5.75 Å². The SMILES string of the molecule is CCCCC(=O)N1CCN(C(=O)c2cc(Cl)cc(C)c2OC)CC1. The Morgan fingerprint density at radius 3 is 2.38 bits per heavy atom. The summed E-state index contributed by atoms with van der Waals surface area (Å²) < 4.78 is 5.38. The van der Waals surface area contributed by atoms with Crippen LogP contribution in [0.2, 0.25) is 5.02 Å². The summed E-state index contributed by atoms with van der Waals surface area (Å²) in [5.41, 5.74) is 1.31. The molecule has 5 nitrogen and oxygen atoms in total. The molecular formula is C18H25ClN2O3. The highest BCUT2D eigenvalue weighted by Crippen LogP contribution is 2.29. The molecule has 24 heavy (non-hydrogen) atoms. The lowest BCUT2D eigenvalue weighted by atomic mass is 10.1. The van der Waals surface area contributed by atoms with E-state index >= 15 is 0 Å². The summed E-state index contributed by atoms with van der Waals surface area (Å²) in [6.45, 7) is 6.17. The number of hydrogen-bond donors (Lipinski definition) is 0. The lowest BCUT2D eigenvalue weighted by molar-refractivity contribution is -0.132. The highest BCUT2D eigenvalue weighted by atomic mass is 35.5. The number of halogens is 1. The fourth-order valence-corrected chi connectivity index (χ4v) is 3.25. The predicted molar refractivity (Wildman–Crippen MR) is 94.7 cm³/mol. The van der Waals surface area contributed by atoms with Crippen molar-refractivity contribution >= 4 is 23.4 Å². The van der Waals surface area contributed by atoms with Gasteiger partial charge in [0, 0.05) is 37.6 Å². The lowest BCUT2D eigenvalue weighted by Gasteiger charge is -2.35. The van der Waals surface area contributed by atoms with Crippen molar-refractivity contribution in [2.45, 2.75) is 33.1 Å². The fourth-order valence-electron chi connectivity index (χ4n) is 2.98. The molecule has 6 heteroatoms. The molecule has 0 unspecified atom stereocenters. The molecule has 1 fully saturated rings. The number of amides is 2. The van der Waals surface area contributed by atoms with E-state index in [1.54, 1.807) is 24.1 Å². The summed E-state index contributed by atoms with van der Waals surface area (Å²) in [4.78, 5) is 28.5. The maximum Gasteiger partial charge on any atom is 0.257 e. The Balaban J connectivity index is 2.04. The minimum atomic E-state index is -0.0990. The molecule has 0 radical (unpaired) electrons. The second-order valence-electron chi connectivity index (χ2n) is 6.08. The quantitative estimate of drug-likeness (QED) is 0.818. The molecule has 132 valence electrons. The summed E-state index contributed by atoms with van der Waals surface area (Å²) in [6.07, 6.45) is 2.51. The molecule has 1 aromatic carbocycles. The van der Waals surface area contributed by atoms with E-state index in [-0.39, 0.29) is 11.8 Å². The van der Waals surface area contributed by atoms with Crippen LogP contribution in [0.1, 0.15) is 42.1 Å². The van der Waals surface area contributed by atoms with Gasteiger partial charge in [0.2, 0.25) is 5.91 Å².